The van der Waals surface area contributed by atoms with Crippen LogP contribution in [0.1, 0.15) is 59.3 Å². The van der Waals surface area contributed by atoms with Crippen molar-refractivity contribution in [2.24, 2.45) is 17.3 Å². The van der Waals surface area contributed by atoms with E-state index in [0.717, 1.165) is 51.1 Å². The zero-order chi connectivity index (χ0) is 13.9. The molecule has 3 heteroatoms. The van der Waals surface area contributed by atoms with Gasteiger partial charge in [-0.3, -0.25) is 4.79 Å². The first kappa shape index (κ1) is 14.8. The zero-order valence-corrected chi connectivity index (χ0v) is 12.7. The molecule has 1 saturated carbocycles. The molecule has 0 radical (unpaired) electrons. The van der Waals surface area contributed by atoms with Crippen LogP contribution in [-0.2, 0) is 9.53 Å². The maximum Gasteiger partial charge on any atom is 0.313 e. The lowest BCUT2D eigenvalue weighted by atomic mass is 9.77. The van der Waals surface area contributed by atoms with Crippen molar-refractivity contribution in [2.45, 2.75) is 65.4 Å². The maximum atomic E-state index is 12.5. The Kier molecular flexibility index (Phi) is 4.88. The van der Waals surface area contributed by atoms with Crippen LogP contribution >= 0.6 is 0 Å². The topological polar surface area (TPSA) is 38.3 Å². The van der Waals surface area contributed by atoms with Crippen LogP contribution < -0.4 is 5.32 Å². The van der Waals surface area contributed by atoms with Crippen molar-refractivity contribution in [1.29, 1.82) is 0 Å². The van der Waals surface area contributed by atoms with Crippen LogP contribution in [0, 0.1) is 17.3 Å². The average Bonchev–Trinajstić information content (AvgIpc) is 2.43. The molecule has 4 atom stereocenters. The van der Waals surface area contributed by atoms with Gasteiger partial charge in [-0.15, -0.1) is 0 Å². The Morgan fingerprint density at radius 1 is 1.32 bits per heavy atom. The van der Waals surface area contributed by atoms with Gasteiger partial charge in [-0.25, -0.2) is 0 Å². The molecule has 3 nitrogen and oxygen atoms in total. The zero-order valence-electron chi connectivity index (χ0n) is 12.7. The van der Waals surface area contributed by atoms with Crippen molar-refractivity contribution < 1.29 is 9.53 Å². The molecule has 1 aliphatic heterocycles. The molecule has 0 aromatic heterocycles. The number of hydrogen-bond donors (Lipinski definition) is 1. The number of hydrogen-bond acceptors (Lipinski definition) is 3. The summed E-state index contributed by atoms with van der Waals surface area (Å²) < 4.78 is 5.86. The van der Waals surface area contributed by atoms with Gasteiger partial charge in [-0.05, 0) is 56.9 Å². The van der Waals surface area contributed by atoms with Gasteiger partial charge in [-0.2, -0.15) is 0 Å². The molecule has 1 N–H and O–H groups in total. The standard InChI is InChI=1S/C16H29NO2/c1-4-16(8-5-9-17-11-16)15(18)19-14-7-6-12(2)13(3)10-14/h12-14,17H,4-11H2,1-3H3. The largest absolute Gasteiger partial charge is 0.462 e. The quantitative estimate of drug-likeness (QED) is 0.798. The van der Waals surface area contributed by atoms with Crippen molar-refractivity contribution >= 4 is 5.97 Å². The van der Waals surface area contributed by atoms with E-state index >= 15 is 0 Å². The second-order valence-corrected chi connectivity index (χ2v) is 6.71. The van der Waals surface area contributed by atoms with Gasteiger partial charge in [0, 0.05) is 6.54 Å². The summed E-state index contributed by atoms with van der Waals surface area (Å²) in [7, 11) is 0. The van der Waals surface area contributed by atoms with Crippen LogP contribution in [0.25, 0.3) is 0 Å². The highest BCUT2D eigenvalue weighted by atomic mass is 16.5. The predicted molar refractivity (Wildman–Crippen MR) is 76.9 cm³/mol. The molecule has 0 aromatic carbocycles. The molecule has 0 spiro atoms. The number of carbonyl (C=O) groups is 1. The Bertz CT molecular complexity index is 310. The number of rotatable bonds is 3. The molecule has 0 aromatic rings. The van der Waals surface area contributed by atoms with Gasteiger partial charge in [-0.1, -0.05) is 20.8 Å². The molecule has 0 bridgehead atoms. The molecule has 1 saturated heterocycles. The number of esters is 1. The van der Waals surface area contributed by atoms with Gasteiger partial charge in [0.1, 0.15) is 6.10 Å². The Hall–Kier alpha value is -0.570. The third-order valence-electron chi connectivity index (χ3n) is 5.41. The molecule has 19 heavy (non-hydrogen) atoms. The highest BCUT2D eigenvalue weighted by Crippen LogP contribution is 2.35. The molecule has 110 valence electrons. The molecule has 2 fully saturated rings. The summed E-state index contributed by atoms with van der Waals surface area (Å²) in [6.07, 6.45) is 6.39. The summed E-state index contributed by atoms with van der Waals surface area (Å²) >= 11 is 0. The Balaban J connectivity index is 1.92. The molecule has 1 heterocycles. The van der Waals surface area contributed by atoms with Crippen LogP contribution in [0.2, 0.25) is 0 Å². The minimum absolute atomic E-state index is 0.0500. The summed E-state index contributed by atoms with van der Waals surface area (Å²) in [6.45, 7) is 8.53. The van der Waals surface area contributed by atoms with Gasteiger partial charge in [0.25, 0.3) is 0 Å². The number of carbonyl (C=O) groups excluding carboxylic acids is 1. The summed E-state index contributed by atoms with van der Waals surface area (Å²) in [5.41, 5.74) is -0.259. The van der Waals surface area contributed by atoms with Crippen molar-refractivity contribution in [3.05, 3.63) is 0 Å². The smallest absolute Gasteiger partial charge is 0.313 e. The lowest BCUT2D eigenvalue weighted by Gasteiger charge is -2.38. The Morgan fingerprint density at radius 2 is 2.11 bits per heavy atom. The van der Waals surface area contributed by atoms with Crippen LogP contribution in [0.15, 0.2) is 0 Å². The number of nitrogens with one attached hydrogen (secondary N) is 1. The van der Waals surface area contributed by atoms with Gasteiger partial charge in [0.05, 0.1) is 5.41 Å². The van der Waals surface area contributed by atoms with E-state index in [4.69, 9.17) is 4.74 Å². The monoisotopic (exact) mass is 267 g/mol. The van der Waals surface area contributed by atoms with E-state index in [2.05, 4.69) is 26.1 Å². The minimum atomic E-state index is -0.259. The average molecular weight is 267 g/mol. The third-order valence-corrected chi connectivity index (χ3v) is 5.41. The summed E-state index contributed by atoms with van der Waals surface area (Å²) in [6, 6.07) is 0. The second-order valence-electron chi connectivity index (χ2n) is 6.71. The summed E-state index contributed by atoms with van der Waals surface area (Å²) in [5, 5.41) is 3.36. The van der Waals surface area contributed by atoms with E-state index in [1.165, 1.54) is 6.42 Å². The molecule has 1 aliphatic carbocycles. The van der Waals surface area contributed by atoms with Gasteiger partial charge in [0.15, 0.2) is 0 Å². The summed E-state index contributed by atoms with van der Waals surface area (Å²) in [4.78, 5) is 12.5. The first-order chi connectivity index (χ1) is 9.07. The van der Waals surface area contributed by atoms with Crippen molar-refractivity contribution in [3.8, 4) is 0 Å². The third kappa shape index (κ3) is 3.31. The van der Waals surface area contributed by atoms with Crippen LogP contribution in [-0.4, -0.2) is 25.2 Å². The minimum Gasteiger partial charge on any atom is -0.462 e. The van der Waals surface area contributed by atoms with E-state index in [1.807, 2.05) is 0 Å². The lowest BCUT2D eigenvalue weighted by molar-refractivity contribution is -0.166. The highest BCUT2D eigenvalue weighted by Gasteiger charge is 2.41. The Morgan fingerprint density at radius 3 is 2.68 bits per heavy atom. The van der Waals surface area contributed by atoms with Crippen molar-refractivity contribution in [3.63, 3.8) is 0 Å². The molecule has 2 rings (SSSR count). The molecular formula is C16H29NO2. The van der Waals surface area contributed by atoms with Crippen LogP contribution in [0.4, 0.5) is 0 Å². The first-order valence-electron chi connectivity index (χ1n) is 7.99. The van der Waals surface area contributed by atoms with Crippen molar-refractivity contribution in [1.82, 2.24) is 5.32 Å². The molecule has 4 unspecified atom stereocenters. The van der Waals surface area contributed by atoms with E-state index < -0.39 is 0 Å². The van der Waals surface area contributed by atoms with Crippen LogP contribution in [0.5, 0.6) is 0 Å². The predicted octanol–water partition coefficient (Wildman–Crippen LogP) is 3.13. The molecule has 0 amide bonds. The molecular weight excluding hydrogens is 238 g/mol. The van der Waals surface area contributed by atoms with Crippen molar-refractivity contribution in [2.75, 3.05) is 13.1 Å². The lowest BCUT2D eigenvalue weighted by Crippen LogP contribution is -2.47. The van der Waals surface area contributed by atoms with E-state index in [-0.39, 0.29) is 17.5 Å². The van der Waals surface area contributed by atoms with Gasteiger partial charge in [0.2, 0.25) is 0 Å². The van der Waals surface area contributed by atoms with E-state index in [9.17, 15) is 4.79 Å². The van der Waals surface area contributed by atoms with Gasteiger partial charge >= 0.3 is 5.97 Å². The normalized spacial score (nSPS) is 39.8. The fourth-order valence-electron chi connectivity index (χ4n) is 3.47. The van der Waals surface area contributed by atoms with Gasteiger partial charge < -0.3 is 10.1 Å². The Labute approximate surface area is 117 Å². The fraction of sp³-hybridized carbons (Fsp3) is 0.938. The first-order valence-corrected chi connectivity index (χ1v) is 7.99. The SMILES string of the molecule is CCC1(C(=O)OC2CCC(C)C(C)C2)CCCNC1. The maximum absolute atomic E-state index is 12.5. The summed E-state index contributed by atoms with van der Waals surface area (Å²) in [5.74, 6) is 1.49. The second kappa shape index (κ2) is 6.25. The number of piperidine rings is 1. The van der Waals surface area contributed by atoms with E-state index in [0.29, 0.717) is 5.92 Å². The van der Waals surface area contributed by atoms with Crippen LogP contribution in [0.3, 0.4) is 0 Å². The highest BCUT2D eigenvalue weighted by molar-refractivity contribution is 5.77. The van der Waals surface area contributed by atoms with E-state index in [1.54, 1.807) is 0 Å². The molecule has 2 aliphatic rings. The fourth-order valence-corrected chi connectivity index (χ4v) is 3.47. The number of ether oxygens (including phenoxy) is 1.